The van der Waals surface area contributed by atoms with Crippen molar-refractivity contribution in [2.24, 2.45) is 0 Å². The SMILES string of the molecule is Cc1c(C(=O)N2CCNC(=O)CC2)cnn1[C@@H]1CCS(=O)(=O)C1. The summed E-state index contributed by atoms with van der Waals surface area (Å²) in [5.74, 6) is 0.0285. The Kier molecular flexibility index (Phi) is 4.13. The average Bonchev–Trinajstić information content (AvgIpc) is 2.95. The molecule has 3 rings (SSSR count). The Morgan fingerprint density at radius 2 is 2.17 bits per heavy atom. The lowest BCUT2D eigenvalue weighted by atomic mass is 10.2. The molecule has 2 fully saturated rings. The number of aromatic nitrogens is 2. The fourth-order valence-corrected chi connectivity index (χ4v) is 4.80. The van der Waals surface area contributed by atoms with Gasteiger partial charge in [-0.3, -0.25) is 14.3 Å². The fourth-order valence-electron chi connectivity index (χ4n) is 3.11. The van der Waals surface area contributed by atoms with Crippen LogP contribution in [-0.4, -0.2) is 66.1 Å². The van der Waals surface area contributed by atoms with Gasteiger partial charge in [-0.05, 0) is 13.3 Å². The van der Waals surface area contributed by atoms with Crippen molar-refractivity contribution >= 4 is 21.7 Å². The van der Waals surface area contributed by atoms with Gasteiger partial charge in [-0.25, -0.2) is 8.42 Å². The Morgan fingerprint density at radius 1 is 1.39 bits per heavy atom. The van der Waals surface area contributed by atoms with Gasteiger partial charge in [-0.1, -0.05) is 0 Å². The van der Waals surface area contributed by atoms with Crippen LogP contribution in [0.2, 0.25) is 0 Å². The van der Waals surface area contributed by atoms with Crippen molar-refractivity contribution in [1.82, 2.24) is 20.0 Å². The Hall–Kier alpha value is -1.90. The quantitative estimate of drug-likeness (QED) is 0.783. The number of amides is 2. The summed E-state index contributed by atoms with van der Waals surface area (Å²) in [4.78, 5) is 25.7. The average molecular weight is 340 g/mol. The zero-order chi connectivity index (χ0) is 16.6. The van der Waals surface area contributed by atoms with Crippen molar-refractivity contribution in [2.45, 2.75) is 25.8 Å². The molecule has 2 aliphatic rings. The molecule has 0 aromatic carbocycles. The smallest absolute Gasteiger partial charge is 0.257 e. The predicted octanol–water partition coefficient (Wildman–Crippen LogP) is -0.487. The Bertz CT molecular complexity index is 740. The van der Waals surface area contributed by atoms with E-state index in [0.717, 1.165) is 0 Å². The zero-order valence-corrected chi connectivity index (χ0v) is 13.8. The monoisotopic (exact) mass is 340 g/mol. The first-order valence-corrected chi connectivity index (χ1v) is 9.50. The summed E-state index contributed by atoms with van der Waals surface area (Å²) < 4.78 is 24.9. The summed E-state index contributed by atoms with van der Waals surface area (Å²) in [6, 6.07) is -0.200. The topological polar surface area (TPSA) is 101 Å². The number of sulfone groups is 1. The number of hydrogen-bond donors (Lipinski definition) is 1. The molecule has 8 nitrogen and oxygen atoms in total. The molecule has 0 radical (unpaired) electrons. The molecule has 0 saturated carbocycles. The van der Waals surface area contributed by atoms with Crippen LogP contribution in [0.15, 0.2) is 6.20 Å². The molecular formula is C14H20N4O4S. The fraction of sp³-hybridized carbons (Fsp3) is 0.643. The third kappa shape index (κ3) is 3.24. The van der Waals surface area contributed by atoms with Crippen LogP contribution in [-0.2, 0) is 14.6 Å². The van der Waals surface area contributed by atoms with E-state index in [0.29, 0.717) is 43.7 Å². The Balaban J connectivity index is 1.79. The van der Waals surface area contributed by atoms with E-state index in [1.807, 2.05) is 0 Å². The van der Waals surface area contributed by atoms with Crippen LogP contribution in [0.4, 0.5) is 0 Å². The molecule has 23 heavy (non-hydrogen) atoms. The Labute approximate surface area is 134 Å². The van der Waals surface area contributed by atoms with E-state index in [9.17, 15) is 18.0 Å². The van der Waals surface area contributed by atoms with Crippen molar-refractivity contribution in [1.29, 1.82) is 0 Å². The molecule has 1 atom stereocenters. The molecule has 1 aromatic rings. The number of nitrogens with one attached hydrogen (secondary N) is 1. The molecule has 0 spiro atoms. The molecule has 2 aliphatic heterocycles. The highest BCUT2D eigenvalue weighted by molar-refractivity contribution is 7.91. The van der Waals surface area contributed by atoms with E-state index in [1.165, 1.54) is 6.20 Å². The number of rotatable bonds is 2. The molecule has 0 unspecified atom stereocenters. The first-order chi connectivity index (χ1) is 10.9. The standard InChI is InChI=1S/C14H20N4O4S/c1-10-12(14(20)17-5-2-13(19)15-4-6-17)8-16-18(10)11-3-7-23(21,22)9-11/h8,11H,2-7,9H2,1H3,(H,15,19)/t11-/m1/s1. The number of nitrogens with zero attached hydrogens (tertiary/aromatic N) is 3. The molecule has 2 amide bonds. The summed E-state index contributed by atoms with van der Waals surface area (Å²) >= 11 is 0. The van der Waals surface area contributed by atoms with Gasteiger partial charge in [0.05, 0.1) is 29.3 Å². The van der Waals surface area contributed by atoms with Crippen LogP contribution in [0.1, 0.15) is 34.9 Å². The maximum absolute atomic E-state index is 12.7. The van der Waals surface area contributed by atoms with Gasteiger partial charge >= 0.3 is 0 Å². The maximum atomic E-state index is 12.7. The zero-order valence-electron chi connectivity index (χ0n) is 13.0. The molecule has 3 heterocycles. The molecule has 126 valence electrons. The molecule has 9 heteroatoms. The summed E-state index contributed by atoms with van der Waals surface area (Å²) in [6.45, 7) is 3.07. The molecule has 1 aromatic heterocycles. The van der Waals surface area contributed by atoms with Crippen LogP contribution >= 0.6 is 0 Å². The minimum atomic E-state index is -3.00. The predicted molar refractivity (Wildman–Crippen MR) is 82.8 cm³/mol. The van der Waals surface area contributed by atoms with E-state index in [1.54, 1.807) is 16.5 Å². The minimum Gasteiger partial charge on any atom is -0.354 e. The third-order valence-corrected chi connectivity index (χ3v) is 6.18. The van der Waals surface area contributed by atoms with Gasteiger partial charge < -0.3 is 10.2 Å². The van der Waals surface area contributed by atoms with E-state index in [4.69, 9.17) is 0 Å². The minimum absolute atomic E-state index is 0.0520. The largest absolute Gasteiger partial charge is 0.354 e. The lowest BCUT2D eigenvalue weighted by Gasteiger charge is -2.19. The first-order valence-electron chi connectivity index (χ1n) is 7.68. The second-order valence-corrected chi connectivity index (χ2v) is 8.27. The van der Waals surface area contributed by atoms with Crippen molar-refractivity contribution in [3.8, 4) is 0 Å². The number of carbonyl (C=O) groups excluding carboxylic acids is 2. The highest BCUT2D eigenvalue weighted by Gasteiger charge is 2.32. The van der Waals surface area contributed by atoms with Crippen molar-refractivity contribution in [2.75, 3.05) is 31.1 Å². The maximum Gasteiger partial charge on any atom is 0.257 e. The molecule has 2 saturated heterocycles. The summed E-state index contributed by atoms with van der Waals surface area (Å²) in [5.41, 5.74) is 1.16. The summed E-state index contributed by atoms with van der Waals surface area (Å²) in [5, 5.41) is 6.97. The van der Waals surface area contributed by atoms with E-state index in [2.05, 4.69) is 10.4 Å². The van der Waals surface area contributed by atoms with Crippen LogP contribution in [0.25, 0.3) is 0 Å². The van der Waals surface area contributed by atoms with Crippen molar-refractivity contribution in [3.05, 3.63) is 17.5 Å². The van der Waals surface area contributed by atoms with Crippen molar-refractivity contribution in [3.63, 3.8) is 0 Å². The van der Waals surface area contributed by atoms with E-state index < -0.39 is 9.84 Å². The van der Waals surface area contributed by atoms with Gasteiger partial charge in [0.1, 0.15) is 0 Å². The lowest BCUT2D eigenvalue weighted by Crippen LogP contribution is -2.34. The van der Waals surface area contributed by atoms with Gasteiger partial charge in [0, 0.05) is 31.7 Å². The van der Waals surface area contributed by atoms with Crippen LogP contribution in [0, 0.1) is 6.92 Å². The molecular weight excluding hydrogens is 320 g/mol. The van der Waals surface area contributed by atoms with Gasteiger partial charge in [0.25, 0.3) is 5.91 Å². The highest BCUT2D eigenvalue weighted by atomic mass is 32.2. The molecule has 0 bridgehead atoms. The van der Waals surface area contributed by atoms with Gasteiger partial charge in [-0.2, -0.15) is 5.10 Å². The lowest BCUT2D eigenvalue weighted by molar-refractivity contribution is -0.120. The third-order valence-electron chi connectivity index (χ3n) is 4.43. The Morgan fingerprint density at radius 3 is 2.87 bits per heavy atom. The summed E-state index contributed by atoms with van der Waals surface area (Å²) in [7, 11) is -3.00. The number of carbonyl (C=O) groups is 2. The highest BCUT2D eigenvalue weighted by Crippen LogP contribution is 2.25. The van der Waals surface area contributed by atoms with E-state index in [-0.39, 0.29) is 29.4 Å². The second-order valence-electron chi connectivity index (χ2n) is 6.04. The normalized spacial score (nSPS) is 24.3. The van der Waals surface area contributed by atoms with Gasteiger partial charge in [0.2, 0.25) is 5.91 Å². The molecule has 0 aliphatic carbocycles. The molecule has 1 N–H and O–H groups in total. The van der Waals surface area contributed by atoms with E-state index >= 15 is 0 Å². The summed E-state index contributed by atoms with van der Waals surface area (Å²) in [6.07, 6.45) is 2.32. The number of hydrogen-bond acceptors (Lipinski definition) is 5. The van der Waals surface area contributed by atoms with Crippen LogP contribution in [0.5, 0.6) is 0 Å². The van der Waals surface area contributed by atoms with Crippen LogP contribution in [0.3, 0.4) is 0 Å². The van der Waals surface area contributed by atoms with Crippen molar-refractivity contribution < 1.29 is 18.0 Å². The first kappa shape index (κ1) is 16.0. The van der Waals surface area contributed by atoms with Gasteiger partial charge in [-0.15, -0.1) is 0 Å². The van der Waals surface area contributed by atoms with Gasteiger partial charge in [0.15, 0.2) is 9.84 Å². The second kappa shape index (κ2) is 5.95. The van der Waals surface area contributed by atoms with Crippen LogP contribution < -0.4 is 5.32 Å².